The lowest BCUT2D eigenvalue weighted by Crippen LogP contribution is -2.19. The molecular weight excluding hydrogens is 291 g/mol. The predicted octanol–water partition coefficient (Wildman–Crippen LogP) is 3.69. The summed E-state index contributed by atoms with van der Waals surface area (Å²) < 4.78 is 64.3. The van der Waals surface area contributed by atoms with Crippen LogP contribution in [0.25, 0.3) is 0 Å². The highest BCUT2D eigenvalue weighted by molar-refractivity contribution is 5.34. The number of nitrogens with one attached hydrogen (secondary N) is 1. The molecule has 21 heavy (non-hydrogen) atoms. The van der Waals surface area contributed by atoms with Crippen LogP contribution in [0.4, 0.5) is 22.0 Å². The molecule has 1 atom stereocenters. The van der Waals surface area contributed by atoms with Crippen LogP contribution in [0, 0.1) is 11.6 Å². The summed E-state index contributed by atoms with van der Waals surface area (Å²) in [5, 5.41) is 2.79. The Balaban J connectivity index is 2.42. The molecule has 0 saturated carbocycles. The minimum absolute atomic E-state index is 0.246. The SMILES string of the molecule is CNC(c1cncc(F)c1)c1ccc(C(F)(F)F)c(F)c1. The number of nitrogens with zero attached hydrogens (tertiary/aromatic N) is 1. The topological polar surface area (TPSA) is 24.9 Å². The third kappa shape index (κ3) is 3.36. The van der Waals surface area contributed by atoms with Crippen molar-refractivity contribution < 1.29 is 22.0 Å². The minimum Gasteiger partial charge on any atom is -0.309 e. The first kappa shape index (κ1) is 15.4. The van der Waals surface area contributed by atoms with E-state index in [2.05, 4.69) is 10.3 Å². The van der Waals surface area contributed by atoms with Crippen LogP contribution in [0.2, 0.25) is 0 Å². The van der Waals surface area contributed by atoms with Crippen molar-refractivity contribution in [1.82, 2.24) is 10.3 Å². The maximum atomic E-state index is 13.6. The van der Waals surface area contributed by atoms with Gasteiger partial charge >= 0.3 is 6.18 Å². The third-order valence-corrected chi connectivity index (χ3v) is 2.98. The van der Waals surface area contributed by atoms with E-state index in [1.807, 2.05) is 0 Å². The van der Waals surface area contributed by atoms with E-state index in [1.54, 1.807) is 0 Å². The molecule has 1 heterocycles. The minimum atomic E-state index is -4.75. The van der Waals surface area contributed by atoms with Gasteiger partial charge in [-0.25, -0.2) is 8.78 Å². The van der Waals surface area contributed by atoms with Gasteiger partial charge in [-0.05, 0) is 36.4 Å². The Kier molecular flexibility index (Phi) is 4.22. The van der Waals surface area contributed by atoms with Crippen molar-refractivity contribution in [1.29, 1.82) is 0 Å². The molecule has 0 saturated heterocycles. The maximum Gasteiger partial charge on any atom is 0.419 e. The number of benzene rings is 1. The van der Waals surface area contributed by atoms with Gasteiger partial charge in [0.25, 0.3) is 0 Å². The number of alkyl halides is 3. The van der Waals surface area contributed by atoms with Gasteiger partial charge in [-0.1, -0.05) is 6.07 Å². The highest BCUT2D eigenvalue weighted by atomic mass is 19.4. The molecule has 1 aromatic heterocycles. The summed E-state index contributed by atoms with van der Waals surface area (Å²) in [4.78, 5) is 3.67. The number of rotatable bonds is 3. The van der Waals surface area contributed by atoms with E-state index in [0.29, 0.717) is 11.6 Å². The third-order valence-electron chi connectivity index (χ3n) is 2.98. The van der Waals surface area contributed by atoms with Gasteiger partial charge in [-0.3, -0.25) is 4.98 Å². The van der Waals surface area contributed by atoms with Gasteiger partial charge in [0.1, 0.15) is 11.6 Å². The predicted molar refractivity (Wildman–Crippen MR) is 66.5 cm³/mol. The van der Waals surface area contributed by atoms with E-state index in [-0.39, 0.29) is 5.56 Å². The quantitative estimate of drug-likeness (QED) is 0.875. The Morgan fingerprint density at radius 1 is 1.05 bits per heavy atom. The van der Waals surface area contributed by atoms with E-state index in [9.17, 15) is 22.0 Å². The molecule has 7 heteroatoms. The monoisotopic (exact) mass is 302 g/mol. The number of halogens is 5. The Morgan fingerprint density at radius 3 is 2.29 bits per heavy atom. The summed E-state index contributed by atoms with van der Waals surface area (Å²) in [5.74, 6) is -1.95. The number of aromatic nitrogens is 1. The molecule has 2 aromatic rings. The molecule has 0 aliphatic carbocycles. The molecule has 0 radical (unpaired) electrons. The molecule has 2 nitrogen and oxygen atoms in total. The van der Waals surface area contributed by atoms with Gasteiger partial charge in [0.2, 0.25) is 0 Å². The zero-order chi connectivity index (χ0) is 15.6. The summed E-state index contributed by atoms with van der Waals surface area (Å²) in [5.41, 5.74) is -0.703. The van der Waals surface area contributed by atoms with Crippen LogP contribution in [0.3, 0.4) is 0 Å². The van der Waals surface area contributed by atoms with Crippen molar-refractivity contribution in [2.24, 2.45) is 0 Å². The van der Waals surface area contributed by atoms with Crippen LogP contribution in [0.5, 0.6) is 0 Å². The smallest absolute Gasteiger partial charge is 0.309 e. The van der Waals surface area contributed by atoms with E-state index in [0.717, 1.165) is 18.3 Å². The lowest BCUT2D eigenvalue weighted by Gasteiger charge is -2.18. The zero-order valence-electron chi connectivity index (χ0n) is 10.9. The molecule has 112 valence electrons. The fourth-order valence-electron chi connectivity index (χ4n) is 2.05. The first-order valence-corrected chi connectivity index (χ1v) is 5.97. The number of hydrogen-bond acceptors (Lipinski definition) is 2. The lowest BCUT2D eigenvalue weighted by atomic mass is 9.98. The molecule has 0 bridgehead atoms. The van der Waals surface area contributed by atoms with Crippen molar-refractivity contribution in [2.45, 2.75) is 12.2 Å². The van der Waals surface area contributed by atoms with Crippen molar-refractivity contribution in [3.8, 4) is 0 Å². The fraction of sp³-hybridized carbons (Fsp3) is 0.214. The normalized spacial score (nSPS) is 13.2. The highest BCUT2D eigenvalue weighted by Crippen LogP contribution is 2.33. The molecule has 0 aliphatic rings. The summed E-state index contributed by atoms with van der Waals surface area (Å²) in [6.07, 6.45) is -2.39. The average Bonchev–Trinajstić information content (AvgIpc) is 2.38. The highest BCUT2D eigenvalue weighted by Gasteiger charge is 2.34. The van der Waals surface area contributed by atoms with E-state index >= 15 is 0 Å². The Hall–Kier alpha value is -2.02. The molecule has 1 N–H and O–H groups in total. The molecule has 0 amide bonds. The Labute approximate surface area is 117 Å². The Morgan fingerprint density at radius 2 is 1.76 bits per heavy atom. The van der Waals surface area contributed by atoms with E-state index in [1.165, 1.54) is 19.3 Å². The standard InChI is InChI=1S/C14H11F5N2/c1-20-13(9-4-10(15)7-21-6-9)8-2-3-11(12(16)5-8)14(17,18)19/h2-7,13,20H,1H3. The van der Waals surface area contributed by atoms with Crippen molar-refractivity contribution in [3.05, 3.63) is 65.0 Å². The van der Waals surface area contributed by atoms with Crippen LogP contribution in [-0.4, -0.2) is 12.0 Å². The van der Waals surface area contributed by atoms with Crippen molar-refractivity contribution in [2.75, 3.05) is 7.05 Å². The molecule has 1 unspecified atom stereocenters. The van der Waals surface area contributed by atoms with Gasteiger partial charge in [-0.2, -0.15) is 13.2 Å². The second-order valence-corrected chi connectivity index (χ2v) is 4.40. The van der Waals surface area contributed by atoms with Crippen LogP contribution in [0.15, 0.2) is 36.7 Å². The second kappa shape index (κ2) is 5.77. The number of hydrogen-bond donors (Lipinski definition) is 1. The zero-order valence-corrected chi connectivity index (χ0v) is 10.9. The van der Waals surface area contributed by atoms with Crippen molar-refractivity contribution >= 4 is 0 Å². The van der Waals surface area contributed by atoms with Gasteiger partial charge in [0.05, 0.1) is 17.8 Å². The van der Waals surface area contributed by atoms with Crippen LogP contribution in [-0.2, 0) is 6.18 Å². The van der Waals surface area contributed by atoms with Crippen LogP contribution < -0.4 is 5.32 Å². The van der Waals surface area contributed by atoms with Gasteiger partial charge in [0.15, 0.2) is 0 Å². The molecule has 2 rings (SSSR count). The van der Waals surface area contributed by atoms with Crippen LogP contribution >= 0.6 is 0 Å². The largest absolute Gasteiger partial charge is 0.419 e. The summed E-state index contributed by atoms with van der Waals surface area (Å²) in [6, 6.07) is 3.13. The van der Waals surface area contributed by atoms with E-state index < -0.39 is 29.4 Å². The molecule has 1 aromatic carbocycles. The van der Waals surface area contributed by atoms with E-state index in [4.69, 9.17) is 0 Å². The summed E-state index contributed by atoms with van der Waals surface area (Å²) >= 11 is 0. The average molecular weight is 302 g/mol. The molecular formula is C14H11F5N2. The summed E-state index contributed by atoms with van der Waals surface area (Å²) in [7, 11) is 1.53. The summed E-state index contributed by atoms with van der Waals surface area (Å²) in [6.45, 7) is 0. The first-order valence-electron chi connectivity index (χ1n) is 5.97. The molecule has 0 fully saturated rings. The van der Waals surface area contributed by atoms with Gasteiger partial charge < -0.3 is 5.32 Å². The second-order valence-electron chi connectivity index (χ2n) is 4.40. The van der Waals surface area contributed by atoms with Gasteiger partial charge in [-0.15, -0.1) is 0 Å². The first-order chi connectivity index (χ1) is 9.82. The molecule has 0 aliphatic heterocycles. The fourth-order valence-corrected chi connectivity index (χ4v) is 2.05. The number of pyridine rings is 1. The molecule has 0 spiro atoms. The Bertz CT molecular complexity index is 640. The lowest BCUT2D eigenvalue weighted by molar-refractivity contribution is -0.140. The van der Waals surface area contributed by atoms with Gasteiger partial charge in [0, 0.05) is 6.20 Å². The maximum absolute atomic E-state index is 13.6. The van der Waals surface area contributed by atoms with Crippen molar-refractivity contribution in [3.63, 3.8) is 0 Å². The van der Waals surface area contributed by atoms with Crippen LogP contribution in [0.1, 0.15) is 22.7 Å².